The molecule has 7 heteroatoms. The third-order valence-electron chi connectivity index (χ3n) is 7.36. The van der Waals surface area contributed by atoms with Crippen LogP contribution >= 0.6 is 22.9 Å². The SMILES string of the molecule is O=C1CCC(N2C(=O)c3ccc(C4CCN(Cc5ccccc5)C4)c4cccc2c34)C(=O)N1I. The van der Waals surface area contributed by atoms with Gasteiger partial charge < -0.3 is 0 Å². The summed E-state index contributed by atoms with van der Waals surface area (Å²) in [7, 11) is 0. The third kappa shape index (κ3) is 3.44. The number of benzene rings is 3. The number of halogens is 1. The minimum Gasteiger partial charge on any atom is -0.298 e. The number of amides is 3. The number of carbonyl (C=O) groups is 3. The van der Waals surface area contributed by atoms with Gasteiger partial charge >= 0.3 is 0 Å². The number of rotatable bonds is 4. The van der Waals surface area contributed by atoms with Crippen LogP contribution < -0.4 is 4.90 Å². The van der Waals surface area contributed by atoms with Gasteiger partial charge in [0, 0.05) is 30.5 Å². The molecular formula is C27H24IN3O3. The second-order valence-corrected chi connectivity index (χ2v) is 10.3. The van der Waals surface area contributed by atoms with E-state index >= 15 is 0 Å². The molecular weight excluding hydrogens is 541 g/mol. The van der Waals surface area contributed by atoms with E-state index in [9.17, 15) is 14.4 Å². The normalized spacial score (nSPS) is 22.9. The second kappa shape index (κ2) is 8.46. The largest absolute Gasteiger partial charge is 0.298 e. The second-order valence-electron chi connectivity index (χ2n) is 9.35. The fraction of sp³-hybridized carbons (Fsp3) is 0.296. The van der Waals surface area contributed by atoms with Gasteiger partial charge in [0.1, 0.15) is 6.04 Å². The summed E-state index contributed by atoms with van der Waals surface area (Å²) in [5, 5.41) is 2.04. The highest BCUT2D eigenvalue weighted by molar-refractivity contribution is 14.1. The van der Waals surface area contributed by atoms with E-state index in [1.54, 1.807) is 27.8 Å². The number of hydrogen-bond acceptors (Lipinski definition) is 4. The first-order valence-electron chi connectivity index (χ1n) is 11.7. The standard InChI is InChI=1S/C27H24IN3O3/c28-31-24(32)12-11-23(27(31)34)30-22-8-4-7-20-19(9-10-21(25(20)22)26(30)33)18-13-14-29(16-18)15-17-5-2-1-3-6-17/h1-10,18,23H,11-16H2. The zero-order chi connectivity index (χ0) is 23.4. The molecule has 3 aromatic rings. The number of piperidine rings is 1. The summed E-state index contributed by atoms with van der Waals surface area (Å²) in [4.78, 5) is 42.5. The van der Waals surface area contributed by atoms with Gasteiger partial charge in [0.25, 0.3) is 11.8 Å². The maximum absolute atomic E-state index is 13.5. The predicted molar refractivity (Wildman–Crippen MR) is 139 cm³/mol. The molecule has 0 spiro atoms. The molecule has 2 atom stereocenters. The molecule has 3 aromatic carbocycles. The lowest BCUT2D eigenvalue weighted by atomic mass is 9.91. The molecule has 6 rings (SSSR count). The Kier molecular flexibility index (Phi) is 5.41. The Morgan fingerprint density at radius 1 is 0.912 bits per heavy atom. The fourth-order valence-electron chi connectivity index (χ4n) is 5.74. The minimum absolute atomic E-state index is 0.146. The van der Waals surface area contributed by atoms with E-state index in [0.29, 0.717) is 17.9 Å². The van der Waals surface area contributed by atoms with E-state index < -0.39 is 6.04 Å². The average Bonchev–Trinajstić information content (AvgIpc) is 3.43. The molecule has 2 saturated heterocycles. The molecule has 3 aliphatic rings. The number of imide groups is 1. The quantitative estimate of drug-likeness (QED) is 0.263. The molecule has 0 N–H and O–H groups in total. The van der Waals surface area contributed by atoms with Crippen molar-refractivity contribution in [3.8, 4) is 0 Å². The van der Waals surface area contributed by atoms with E-state index in [4.69, 9.17) is 0 Å². The van der Waals surface area contributed by atoms with E-state index in [2.05, 4.69) is 41.3 Å². The number of carbonyl (C=O) groups excluding carboxylic acids is 3. The van der Waals surface area contributed by atoms with Crippen LogP contribution in [0.4, 0.5) is 5.69 Å². The average molecular weight is 565 g/mol. The van der Waals surface area contributed by atoms with Crippen molar-refractivity contribution in [2.75, 3.05) is 18.0 Å². The number of nitrogens with zero attached hydrogens (tertiary/aromatic N) is 3. The van der Waals surface area contributed by atoms with Crippen molar-refractivity contribution < 1.29 is 14.4 Å². The summed E-state index contributed by atoms with van der Waals surface area (Å²) in [6, 6.07) is 20.0. The van der Waals surface area contributed by atoms with Crippen LogP contribution in [0.5, 0.6) is 0 Å². The smallest absolute Gasteiger partial charge is 0.261 e. The Bertz CT molecular complexity index is 1330. The van der Waals surface area contributed by atoms with Crippen LogP contribution in [0.3, 0.4) is 0 Å². The summed E-state index contributed by atoms with van der Waals surface area (Å²) >= 11 is 1.76. The Morgan fingerprint density at radius 2 is 1.74 bits per heavy atom. The van der Waals surface area contributed by atoms with Gasteiger partial charge in [-0.25, -0.2) is 3.11 Å². The van der Waals surface area contributed by atoms with Crippen molar-refractivity contribution in [3.05, 3.63) is 77.4 Å². The number of anilines is 1. The van der Waals surface area contributed by atoms with Crippen LogP contribution in [0, 0.1) is 0 Å². The van der Waals surface area contributed by atoms with Crippen molar-refractivity contribution in [1.82, 2.24) is 8.01 Å². The van der Waals surface area contributed by atoms with E-state index in [-0.39, 0.29) is 24.1 Å². The molecule has 0 bridgehead atoms. The minimum atomic E-state index is -0.642. The number of hydrogen-bond donors (Lipinski definition) is 0. The predicted octanol–water partition coefficient (Wildman–Crippen LogP) is 4.66. The van der Waals surface area contributed by atoms with Gasteiger partial charge in [0.15, 0.2) is 0 Å². The molecule has 172 valence electrons. The van der Waals surface area contributed by atoms with Crippen LogP contribution in [0.15, 0.2) is 60.7 Å². The van der Waals surface area contributed by atoms with Gasteiger partial charge in [-0.15, -0.1) is 0 Å². The highest BCUT2D eigenvalue weighted by Gasteiger charge is 2.43. The van der Waals surface area contributed by atoms with E-state index in [1.807, 2.05) is 24.3 Å². The van der Waals surface area contributed by atoms with E-state index in [0.717, 1.165) is 45.6 Å². The molecule has 2 unspecified atom stereocenters. The van der Waals surface area contributed by atoms with Gasteiger partial charge in [-0.05, 0) is 54.0 Å². The molecule has 34 heavy (non-hydrogen) atoms. The van der Waals surface area contributed by atoms with Crippen molar-refractivity contribution in [3.63, 3.8) is 0 Å². The van der Waals surface area contributed by atoms with E-state index in [1.165, 1.54) is 11.1 Å². The van der Waals surface area contributed by atoms with Gasteiger partial charge in [0.2, 0.25) is 5.91 Å². The highest BCUT2D eigenvalue weighted by Crippen LogP contribution is 2.44. The lowest BCUT2D eigenvalue weighted by molar-refractivity contribution is -0.140. The topological polar surface area (TPSA) is 60.9 Å². The third-order valence-corrected chi connectivity index (χ3v) is 8.38. The Balaban J connectivity index is 1.33. The molecule has 3 amide bonds. The van der Waals surface area contributed by atoms with Gasteiger partial charge in [0.05, 0.1) is 28.6 Å². The van der Waals surface area contributed by atoms with Crippen LogP contribution in [0.1, 0.15) is 46.7 Å². The molecule has 2 fully saturated rings. The van der Waals surface area contributed by atoms with Crippen molar-refractivity contribution in [2.45, 2.75) is 37.8 Å². The maximum Gasteiger partial charge on any atom is 0.261 e. The first-order valence-corrected chi connectivity index (χ1v) is 12.7. The number of likely N-dealkylation sites (tertiary alicyclic amines) is 1. The van der Waals surface area contributed by atoms with Gasteiger partial charge in [-0.2, -0.15) is 0 Å². The lowest BCUT2D eigenvalue weighted by Crippen LogP contribution is -2.52. The van der Waals surface area contributed by atoms with Crippen LogP contribution in [0.2, 0.25) is 0 Å². The summed E-state index contributed by atoms with van der Waals surface area (Å²) in [6.07, 6.45) is 1.70. The first kappa shape index (κ1) is 21.7. The highest BCUT2D eigenvalue weighted by atomic mass is 127. The Labute approximate surface area is 212 Å². The Morgan fingerprint density at radius 3 is 2.56 bits per heavy atom. The van der Waals surface area contributed by atoms with Crippen molar-refractivity contribution in [1.29, 1.82) is 0 Å². The molecule has 0 radical (unpaired) electrons. The maximum atomic E-state index is 13.5. The lowest BCUT2D eigenvalue weighted by Gasteiger charge is -2.33. The van der Waals surface area contributed by atoms with Gasteiger partial charge in [-0.3, -0.25) is 24.2 Å². The summed E-state index contributed by atoms with van der Waals surface area (Å²) < 4.78 is 1.13. The van der Waals surface area contributed by atoms with Crippen LogP contribution in [-0.4, -0.2) is 44.9 Å². The molecule has 0 saturated carbocycles. The molecule has 0 aromatic heterocycles. The van der Waals surface area contributed by atoms with Gasteiger partial charge in [-0.1, -0.05) is 48.5 Å². The fourth-order valence-corrected chi connectivity index (χ4v) is 6.30. The zero-order valence-corrected chi connectivity index (χ0v) is 20.8. The Hall–Kier alpha value is -2.78. The van der Waals surface area contributed by atoms with Crippen LogP contribution in [-0.2, 0) is 16.1 Å². The molecule has 3 heterocycles. The van der Waals surface area contributed by atoms with Crippen LogP contribution in [0.25, 0.3) is 10.8 Å². The molecule has 3 aliphatic heterocycles. The monoisotopic (exact) mass is 565 g/mol. The molecule has 0 aliphatic carbocycles. The zero-order valence-electron chi connectivity index (χ0n) is 18.6. The summed E-state index contributed by atoms with van der Waals surface area (Å²) in [5.41, 5.74) is 4.03. The summed E-state index contributed by atoms with van der Waals surface area (Å²) in [6.45, 7) is 2.97. The first-order chi connectivity index (χ1) is 16.5. The molecule has 6 nitrogen and oxygen atoms in total. The van der Waals surface area contributed by atoms with Crippen molar-refractivity contribution >= 4 is 57.0 Å². The van der Waals surface area contributed by atoms with Crippen molar-refractivity contribution in [2.24, 2.45) is 0 Å². The summed E-state index contributed by atoms with van der Waals surface area (Å²) in [5.74, 6) is -0.265.